The van der Waals surface area contributed by atoms with Gasteiger partial charge in [0.15, 0.2) is 0 Å². The van der Waals surface area contributed by atoms with Crippen molar-refractivity contribution in [2.75, 3.05) is 38.3 Å². The lowest BCUT2D eigenvalue weighted by molar-refractivity contribution is 0.122. The molecule has 1 aromatic rings. The number of hydrogen-bond donors (Lipinski definition) is 0. The number of nitrogens with one attached hydrogen (secondary N) is 1. The lowest BCUT2D eigenvalue weighted by Gasteiger charge is -2.27. The van der Waals surface area contributed by atoms with Gasteiger partial charge in [-0.3, -0.25) is 5.73 Å². The first kappa shape index (κ1) is 10.0. The summed E-state index contributed by atoms with van der Waals surface area (Å²) < 4.78 is 10.3. The van der Waals surface area contributed by atoms with Gasteiger partial charge in [0.1, 0.15) is 11.5 Å². The van der Waals surface area contributed by atoms with Gasteiger partial charge in [-0.2, -0.15) is 4.98 Å². The number of ether oxygens (including phenoxy) is 2. The highest BCUT2D eigenvalue weighted by Crippen LogP contribution is 2.24. The molecule has 1 N–H and O–H groups in total. The Morgan fingerprint density at radius 3 is 2.80 bits per heavy atom. The summed E-state index contributed by atoms with van der Waals surface area (Å²) in [5.41, 5.74) is 7.87. The molecule has 0 atom stereocenters. The minimum Gasteiger partial charge on any atom is -0.479 e. The van der Waals surface area contributed by atoms with Gasteiger partial charge >= 0.3 is 0 Å². The molecule has 1 aliphatic rings. The molecule has 81 valence electrons. The second-order valence-corrected chi connectivity index (χ2v) is 3.33. The third-order valence-electron chi connectivity index (χ3n) is 2.37. The lowest BCUT2D eigenvalue weighted by Crippen LogP contribution is -2.36. The highest BCUT2D eigenvalue weighted by molar-refractivity contribution is 5.52. The second kappa shape index (κ2) is 4.35. The summed E-state index contributed by atoms with van der Waals surface area (Å²) in [5.74, 6) is 1.23. The average molecular weight is 208 g/mol. The molecule has 1 aliphatic heterocycles. The molecule has 0 amide bonds. The number of aromatic nitrogens is 1. The number of pyridine rings is 1. The van der Waals surface area contributed by atoms with E-state index in [0.717, 1.165) is 32.1 Å². The fraction of sp³-hybridized carbons (Fsp3) is 0.500. The van der Waals surface area contributed by atoms with Crippen molar-refractivity contribution in [1.29, 1.82) is 0 Å². The molecule has 15 heavy (non-hydrogen) atoms. The maximum Gasteiger partial charge on any atom is 0.240 e. The first-order valence-electron chi connectivity index (χ1n) is 4.90. The Bertz CT molecular complexity index is 337. The van der Waals surface area contributed by atoms with Crippen LogP contribution in [0.1, 0.15) is 0 Å². The number of rotatable bonds is 2. The number of anilines is 1. The predicted octanol–water partition coefficient (Wildman–Crippen LogP) is 0.841. The Labute approximate surface area is 88.8 Å². The molecule has 1 saturated heterocycles. The van der Waals surface area contributed by atoms with Crippen LogP contribution in [0.4, 0.5) is 11.5 Å². The Balaban J connectivity index is 2.20. The van der Waals surface area contributed by atoms with Crippen LogP contribution in [0.2, 0.25) is 0 Å². The highest BCUT2D eigenvalue weighted by Gasteiger charge is 2.13. The maximum atomic E-state index is 7.55. The van der Waals surface area contributed by atoms with Gasteiger partial charge in [0, 0.05) is 13.1 Å². The third-order valence-corrected chi connectivity index (χ3v) is 2.37. The van der Waals surface area contributed by atoms with Crippen molar-refractivity contribution >= 4 is 11.5 Å². The molecule has 0 spiro atoms. The summed E-state index contributed by atoms with van der Waals surface area (Å²) in [6.45, 7) is 3.14. The maximum absolute atomic E-state index is 7.55. The summed E-state index contributed by atoms with van der Waals surface area (Å²) in [6.07, 6.45) is 0. The highest BCUT2D eigenvalue weighted by atomic mass is 16.5. The molecule has 1 radical (unpaired) electrons. The monoisotopic (exact) mass is 208 g/mol. The second-order valence-electron chi connectivity index (χ2n) is 3.33. The van der Waals surface area contributed by atoms with Gasteiger partial charge in [-0.15, -0.1) is 0 Å². The summed E-state index contributed by atoms with van der Waals surface area (Å²) in [4.78, 5) is 6.41. The molecular formula is C10H14N3O2. The SMILES string of the molecule is COc1nc(N2CCOCC2)ccc1[NH]. The summed E-state index contributed by atoms with van der Waals surface area (Å²) in [5, 5.41) is 0. The van der Waals surface area contributed by atoms with Crippen molar-refractivity contribution in [1.82, 2.24) is 10.7 Å². The van der Waals surface area contributed by atoms with Crippen LogP contribution in [0.3, 0.4) is 0 Å². The number of morpholine rings is 1. The van der Waals surface area contributed by atoms with E-state index >= 15 is 0 Å². The first-order valence-corrected chi connectivity index (χ1v) is 4.90. The molecule has 0 saturated carbocycles. The quantitative estimate of drug-likeness (QED) is 0.722. The van der Waals surface area contributed by atoms with E-state index in [1.165, 1.54) is 7.11 Å². The standard InChI is InChI=1S/C10H14N3O2/c1-14-10-8(11)2-3-9(12-10)13-4-6-15-7-5-13/h2-3,11H,4-7H2,1H3. The van der Waals surface area contributed by atoms with Crippen molar-refractivity contribution < 1.29 is 9.47 Å². The normalized spacial score (nSPS) is 16.5. The number of nitrogens with zero attached hydrogens (tertiary/aromatic N) is 2. The van der Waals surface area contributed by atoms with E-state index in [0.29, 0.717) is 11.6 Å². The van der Waals surface area contributed by atoms with Gasteiger partial charge in [0.05, 0.1) is 20.3 Å². The van der Waals surface area contributed by atoms with Gasteiger partial charge in [0.25, 0.3) is 0 Å². The molecule has 0 aromatic carbocycles. The van der Waals surface area contributed by atoms with Crippen LogP contribution in [-0.4, -0.2) is 38.4 Å². The van der Waals surface area contributed by atoms with Crippen LogP contribution in [0.15, 0.2) is 12.1 Å². The Hall–Kier alpha value is -1.49. The zero-order valence-corrected chi connectivity index (χ0v) is 8.69. The van der Waals surface area contributed by atoms with Crippen molar-refractivity contribution in [3.05, 3.63) is 12.1 Å². The average Bonchev–Trinajstić information content (AvgIpc) is 2.31. The van der Waals surface area contributed by atoms with Crippen LogP contribution >= 0.6 is 0 Å². The lowest BCUT2D eigenvalue weighted by atomic mass is 10.3. The zero-order valence-electron chi connectivity index (χ0n) is 8.69. The molecule has 2 heterocycles. The Morgan fingerprint density at radius 1 is 1.40 bits per heavy atom. The van der Waals surface area contributed by atoms with E-state index in [9.17, 15) is 0 Å². The Kier molecular flexibility index (Phi) is 2.91. The molecule has 1 aromatic heterocycles. The summed E-state index contributed by atoms with van der Waals surface area (Å²) in [7, 11) is 1.53. The van der Waals surface area contributed by atoms with E-state index in [2.05, 4.69) is 9.88 Å². The topological polar surface area (TPSA) is 58.4 Å². The summed E-state index contributed by atoms with van der Waals surface area (Å²) in [6, 6.07) is 3.55. The van der Waals surface area contributed by atoms with Crippen molar-refractivity contribution in [2.45, 2.75) is 0 Å². The van der Waals surface area contributed by atoms with Crippen molar-refractivity contribution in [2.24, 2.45) is 0 Å². The molecular weight excluding hydrogens is 194 g/mol. The fourth-order valence-corrected chi connectivity index (χ4v) is 1.55. The van der Waals surface area contributed by atoms with Gasteiger partial charge in [-0.1, -0.05) is 0 Å². The van der Waals surface area contributed by atoms with E-state index in [1.54, 1.807) is 6.07 Å². The fourth-order valence-electron chi connectivity index (χ4n) is 1.55. The van der Waals surface area contributed by atoms with Crippen molar-refractivity contribution in [3.63, 3.8) is 0 Å². The van der Waals surface area contributed by atoms with E-state index in [-0.39, 0.29) is 0 Å². The van der Waals surface area contributed by atoms with Gasteiger partial charge in [0.2, 0.25) is 5.88 Å². The number of hydrogen-bond acceptors (Lipinski definition) is 4. The molecule has 0 unspecified atom stereocenters. The summed E-state index contributed by atoms with van der Waals surface area (Å²) >= 11 is 0. The smallest absolute Gasteiger partial charge is 0.240 e. The van der Waals surface area contributed by atoms with Gasteiger partial charge < -0.3 is 14.4 Å². The molecule has 2 rings (SSSR count). The Morgan fingerprint density at radius 2 is 2.13 bits per heavy atom. The minimum absolute atomic E-state index is 0.314. The van der Waals surface area contributed by atoms with Crippen molar-refractivity contribution in [3.8, 4) is 5.88 Å². The first-order chi connectivity index (χ1) is 7.31. The van der Waals surface area contributed by atoms with E-state index in [4.69, 9.17) is 15.2 Å². The molecule has 0 bridgehead atoms. The van der Waals surface area contributed by atoms with Crippen LogP contribution < -0.4 is 15.4 Å². The minimum atomic E-state index is 0.314. The van der Waals surface area contributed by atoms with Gasteiger partial charge in [-0.25, -0.2) is 0 Å². The van der Waals surface area contributed by atoms with Crippen LogP contribution in [0, 0.1) is 0 Å². The van der Waals surface area contributed by atoms with Gasteiger partial charge in [-0.05, 0) is 12.1 Å². The van der Waals surface area contributed by atoms with Crippen LogP contribution in [0.25, 0.3) is 0 Å². The predicted molar refractivity (Wildman–Crippen MR) is 56.6 cm³/mol. The molecule has 0 aliphatic carbocycles. The molecule has 1 fully saturated rings. The number of methoxy groups -OCH3 is 1. The van der Waals surface area contributed by atoms with Crippen LogP contribution in [0.5, 0.6) is 5.88 Å². The third kappa shape index (κ3) is 2.12. The molecule has 5 nitrogen and oxygen atoms in total. The largest absolute Gasteiger partial charge is 0.479 e. The zero-order chi connectivity index (χ0) is 10.7. The van der Waals surface area contributed by atoms with E-state index < -0.39 is 0 Å². The van der Waals surface area contributed by atoms with Crippen LogP contribution in [-0.2, 0) is 4.74 Å². The molecule has 5 heteroatoms. The van der Waals surface area contributed by atoms with E-state index in [1.807, 2.05) is 6.07 Å².